The third kappa shape index (κ3) is 3.22. The molecule has 2 N–H and O–H groups in total. The molecular weight excluding hydrogens is 287 g/mol. The van der Waals surface area contributed by atoms with E-state index in [1.165, 1.54) is 12.1 Å². The minimum Gasteiger partial charge on any atom is -0.408 e. The zero-order chi connectivity index (χ0) is 15.5. The highest BCUT2D eigenvalue weighted by Gasteiger charge is 2.06. The summed E-state index contributed by atoms with van der Waals surface area (Å²) in [7, 11) is 0. The molecular formula is C16H13FN2O3. The molecule has 0 aliphatic rings. The summed E-state index contributed by atoms with van der Waals surface area (Å²) in [4.78, 5) is 25.5. The fourth-order valence-corrected chi connectivity index (χ4v) is 2.16. The maximum atomic E-state index is 12.8. The van der Waals surface area contributed by atoms with Gasteiger partial charge in [-0.2, -0.15) is 0 Å². The van der Waals surface area contributed by atoms with Gasteiger partial charge in [0.1, 0.15) is 5.82 Å². The van der Waals surface area contributed by atoms with E-state index >= 15 is 0 Å². The Balaban J connectivity index is 1.62. The largest absolute Gasteiger partial charge is 0.417 e. The molecule has 6 heteroatoms. The molecule has 0 atom stereocenters. The van der Waals surface area contributed by atoms with Gasteiger partial charge in [0, 0.05) is 12.1 Å². The van der Waals surface area contributed by atoms with Gasteiger partial charge in [0.15, 0.2) is 5.58 Å². The van der Waals surface area contributed by atoms with Crippen molar-refractivity contribution in [1.82, 2.24) is 4.98 Å². The number of amides is 1. The smallest absolute Gasteiger partial charge is 0.408 e. The summed E-state index contributed by atoms with van der Waals surface area (Å²) >= 11 is 0. The van der Waals surface area contributed by atoms with Gasteiger partial charge in [-0.1, -0.05) is 12.1 Å². The molecule has 0 spiro atoms. The van der Waals surface area contributed by atoms with Gasteiger partial charge in [0.2, 0.25) is 5.91 Å². The van der Waals surface area contributed by atoms with Crippen LogP contribution < -0.4 is 11.1 Å². The van der Waals surface area contributed by atoms with Crippen LogP contribution >= 0.6 is 0 Å². The molecule has 0 unspecified atom stereocenters. The van der Waals surface area contributed by atoms with Gasteiger partial charge >= 0.3 is 5.76 Å². The molecule has 0 saturated heterocycles. The minimum absolute atomic E-state index is 0.158. The quantitative estimate of drug-likeness (QED) is 0.778. The summed E-state index contributed by atoms with van der Waals surface area (Å²) in [5.74, 6) is -0.986. The number of aromatic nitrogens is 1. The standard InChI is InChI=1S/C16H13FN2O3/c17-11-4-1-10(2-5-11)3-8-15(20)18-12-6-7-14-13(9-12)19-16(21)22-14/h1-2,4-7,9H,3,8H2,(H,18,20)(H,19,21). The van der Waals surface area contributed by atoms with E-state index in [1.54, 1.807) is 30.3 Å². The van der Waals surface area contributed by atoms with Crippen molar-refractivity contribution in [3.8, 4) is 0 Å². The maximum absolute atomic E-state index is 12.8. The van der Waals surface area contributed by atoms with E-state index in [2.05, 4.69) is 10.3 Å². The average Bonchev–Trinajstić information content (AvgIpc) is 2.86. The molecule has 2 aromatic carbocycles. The van der Waals surface area contributed by atoms with Crippen LogP contribution in [0.5, 0.6) is 0 Å². The molecule has 3 aromatic rings. The Kier molecular flexibility index (Phi) is 3.74. The lowest BCUT2D eigenvalue weighted by atomic mass is 10.1. The number of aromatic amines is 1. The van der Waals surface area contributed by atoms with Crippen LogP contribution in [-0.4, -0.2) is 10.9 Å². The number of H-pyrrole nitrogens is 1. The second-order valence-electron chi connectivity index (χ2n) is 4.90. The highest BCUT2D eigenvalue weighted by molar-refractivity contribution is 5.92. The fraction of sp³-hybridized carbons (Fsp3) is 0.125. The zero-order valence-electron chi connectivity index (χ0n) is 11.6. The lowest BCUT2D eigenvalue weighted by Gasteiger charge is -2.05. The Hall–Kier alpha value is -2.89. The second-order valence-corrected chi connectivity index (χ2v) is 4.90. The fourth-order valence-electron chi connectivity index (χ4n) is 2.16. The number of hydrogen-bond donors (Lipinski definition) is 2. The number of fused-ring (bicyclic) bond motifs is 1. The van der Waals surface area contributed by atoms with Crippen LogP contribution in [0.4, 0.5) is 10.1 Å². The van der Waals surface area contributed by atoms with Crippen LogP contribution in [0, 0.1) is 5.82 Å². The number of benzene rings is 2. The molecule has 0 bridgehead atoms. The summed E-state index contributed by atoms with van der Waals surface area (Å²) in [5, 5.41) is 2.75. The van der Waals surface area contributed by atoms with Crippen LogP contribution in [0.15, 0.2) is 51.7 Å². The van der Waals surface area contributed by atoms with Crippen molar-refractivity contribution in [1.29, 1.82) is 0 Å². The lowest BCUT2D eigenvalue weighted by Crippen LogP contribution is -2.12. The third-order valence-electron chi connectivity index (χ3n) is 3.26. The van der Waals surface area contributed by atoms with Gasteiger partial charge in [-0.25, -0.2) is 9.18 Å². The monoisotopic (exact) mass is 300 g/mol. The molecule has 1 heterocycles. The van der Waals surface area contributed by atoms with Gasteiger partial charge in [-0.3, -0.25) is 9.78 Å². The molecule has 1 amide bonds. The highest BCUT2D eigenvalue weighted by Crippen LogP contribution is 2.16. The van der Waals surface area contributed by atoms with Gasteiger partial charge in [-0.05, 0) is 42.3 Å². The first-order chi connectivity index (χ1) is 10.6. The van der Waals surface area contributed by atoms with Gasteiger partial charge < -0.3 is 9.73 Å². The van der Waals surface area contributed by atoms with Crippen molar-refractivity contribution in [2.75, 3.05) is 5.32 Å². The minimum atomic E-state index is -0.533. The highest BCUT2D eigenvalue weighted by atomic mass is 19.1. The van der Waals surface area contributed by atoms with Crippen LogP contribution in [0.2, 0.25) is 0 Å². The molecule has 0 fully saturated rings. The molecule has 22 heavy (non-hydrogen) atoms. The van der Waals surface area contributed by atoms with Gasteiger partial charge in [0.25, 0.3) is 0 Å². The maximum Gasteiger partial charge on any atom is 0.417 e. The lowest BCUT2D eigenvalue weighted by molar-refractivity contribution is -0.116. The molecule has 0 saturated carbocycles. The van der Waals surface area contributed by atoms with Crippen LogP contribution in [-0.2, 0) is 11.2 Å². The van der Waals surface area contributed by atoms with Crippen molar-refractivity contribution < 1.29 is 13.6 Å². The number of oxazole rings is 1. The number of rotatable bonds is 4. The Morgan fingerprint density at radius 3 is 2.73 bits per heavy atom. The number of carbonyl (C=O) groups excluding carboxylic acids is 1. The van der Waals surface area contributed by atoms with E-state index in [9.17, 15) is 14.0 Å². The van der Waals surface area contributed by atoms with E-state index in [4.69, 9.17) is 4.42 Å². The number of aryl methyl sites for hydroxylation is 1. The first-order valence-electron chi connectivity index (χ1n) is 6.77. The topological polar surface area (TPSA) is 75.1 Å². The normalized spacial score (nSPS) is 10.8. The second kappa shape index (κ2) is 5.85. The van der Waals surface area contributed by atoms with Crippen LogP contribution in [0.25, 0.3) is 11.1 Å². The number of halogens is 1. The number of nitrogens with one attached hydrogen (secondary N) is 2. The third-order valence-corrected chi connectivity index (χ3v) is 3.26. The first-order valence-corrected chi connectivity index (χ1v) is 6.77. The van der Waals surface area contributed by atoms with E-state index in [0.717, 1.165) is 5.56 Å². The summed E-state index contributed by atoms with van der Waals surface area (Å²) in [6, 6.07) is 11.0. The van der Waals surface area contributed by atoms with Crippen molar-refractivity contribution in [2.24, 2.45) is 0 Å². The molecule has 3 rings (SSSR count). The van der Waals surface area contributed by atoms with Crippen molar-refractivity contribution >= 4 is 22.7 Å². The zero-order valence-corrected chi connectivity index (χ0v) is 11.6. The van der Waals surface area contributed by atoms with Crippen molar-refractivity contribution in [2.45, 2.75) is 12.8 Å². The SMILES string of the molecule is O=C(CCc1ccc(F)cc1)Nc1ccc2oc(=O)[nH]c2c1. The first kappa shape index (κ1) is 14.1. The molecule has 5 nitrogen and oxygen atoms in total. The van der Waals surface area contributed by atoms with E-state index < -0.39 is 5.76 Å². The summed E-state index contributed by atoms with van der Waals surface area (Å²) in [5.41, 5.74) is 2.44. The van der Waals surface area contributed by atoms with Gasteiger partial charge in [-0.15, -0.1) is 0 Å². The van der Waals surface area contributed by atoms with Gasteiger partial charge in [0.05, 0.1) is 5.52 Å². The Morgan fingerprint density at radius 1 is 1.18 bits per heavy atom. The average molecular weight is 300 g/mol. The van der Waals surface area contributed by atoms with E-state index in [0.29, 0.717) is 23.2 Å². The summed E-state index contributed by atoms with van der Waals surface area (Å²) < 4.78 is 17.7. The number of hydrogen-bond acceptors (Lipinski definition) is 3. The predicted octanol–water partition coefficient (Wildman–Crippen LogP) is 2.83. The summed E-state index contributed by atoms with van der Waals surface area (Å²) in [6.45, 7) is 0. The Bertz CT molecular complexity index is 865. The Morgan fingerprint density at radius 2 is 1.95 bits per heavy atom. The van der Waals surface area contributed by atoms with Crippen molar-refractivity contribution in [3.63, 3.8) is 0 Å². The molecule has 112 valence electrons. The molecule has 0 radical (unpaired) electrons. The molecule has 0 aliphatic heterocycles. The van der Waals surface area contributed by atoms with Crippen LogP contribution in [0.1, 0.15) is 12.0 Å². The Labute approximate surface area is 124 Å². The van der Waals surface area contributed by atoms with E-state index in [1.807, 2.05) is 0 Å². The summed E-state index contributed by atoms with van der Waals surface area (Å²) in [6.07, 6.45) is 0.808. The van der Waals surface area contributed by atoms with Crippen molar-refractivity contribution in [3.05, 3.63) is 64.4 Å². The number of anilines is 1. The van der Waals surface area contributed by atoms with E-state index in [-0.39, 0.29) is 18.1 Å². The predicted molar refractivity (Wildman–Crippen MR) is 80.2 cm³/mol. The molecule has 0 aliphatic carbocycles. The molecule has 1 aromatic heterocycles. The number of carbonyl (C=O) groups is 1. The van der Waals surface area contributed by atoms with Crippen LogP contribution in [0.3, 0.4) is 0 Å².